The Morgan fingerprint density at radius 2 is 2.00 bits per heavy atom. The quantitative estimate of drug-likeness (QED) is 0.764. The molecule has 1 amide bonds. The summed E-state index contributed by atoms with van der Waals surface area (Å²) in [5, 5.41) is 0. The number of likely N-dealkylation sites (tertiary alicyclic amines) is 1. The minimum absolute atomic E-state index is 0.231. The largest absolute Gasteiger partial charge is 0.342 e. The monoisotopic (exact) mass is 222 g/mol. The Morgan fingerprint density at radius 3 is 2.56 bits per heavy atom. The van der Waals surface area contributed by atoms with Crippen LogP contribution >= 0.6 is 0 Å². The van der Waals surface area contributed by atoms with Crippen molar-refractivity contribution in [2.45, 2.75) is 38.6 Å². The molecule has 1 heterocycles. The second-order valence-electron chi connectivity index (χ2n) is 6.12. The fourth-order valence-electron chi connectivity index (χ4n) is 3.59. The molecule has 0 spiro atoms. The Balaban J connectivity index is 1.55. The molecular formula is C13H22N2O. The third kappa shape index (κ3) is 1.75. The normalized spacial score (nSPS) is 43.2. The maximum Gasteiger partial charge on any atom is 0.225 e. The summed E-state index contributed by atoms with van der Waals surface area (Å²) in [6.07, 6.45) is 4.83. The van der Waals surface area contributed by atoms with Gasteiger partial charge < -0.3 is 10.6 Å². The summed E-state index contributed by atoms with van der Waals surface area (Å²) in [6, 6.07) is 0.231. The first kappa shape index (κ1) is 10.6. The van der Waals surface area contributed by atoms with Crippen molar-refractivity contribution in [2.24, 2.45) is 29.4 Å². The zero-order chi connectivity index (χ0) is 11.3. The van der Waals surface area contributed by atoms with Crippen LogP contribution in [-0.4, -0.2) is 29.9 Å². The van der Waals surface area contributed by atoms with Gasteiger partial charge in [-0.05, 0) is 50.4 Å². The van der Waals surface area contributed by atoms with Gasteiger partial charge in [0.05, 0.1) is 0 Å². The lowest BCUT2D eigenvalue weighted by atomic mass is 10.0. The Morgan fingerprint density at radius 1 is 1.31 bits per heavy atom. The van der Waals surface area contributed by atoms with Crippen LogP contribution in [0.1, 0.15) is 32.6 Å². The van der Waals surface area contributed by atoms with Crippen molar-refractivity contribution in [1.29, 1.82) is 0 Å². The number of fused-ring (bicyclic) bond motifs is 1. The van der Waals surface area contributed by atoms with Gasteiger partial charge in [0.15, 0.2) is 0 Å². The lowest BCUT2D eigenvalue weighted by molar-refractivity contribution is -0.134. The van der Waals surface area contributed by atoms with Crippen LogP contribution in [0.3, 0.4) is 0 Å². The molecule has 90 valence electrons. The second kappa shape index (κ2) is 3.73. The first-order chi connectivity index (χ1) is 7.65. The van der Waals surface area contributed by atoms with E-state index in [4.69, 9.17) is 5.73 Å². The molecule has 16 heavy (non-hydrogen) atoms. The van der Waals surface area contributed by atoms with E-state index in [2.05, 4.69) is 11.8 Å². The molecule has 3 aliphatic rings. The number of nitrogens with zero attached hydrogens (tertiary/aromatic N) is 1. The van der Waals surface area contributed by atoms with E-state index in [1.807, 2.05) is 0 Å². The van der Waals surface area contributed by atoms with Crippen LogP contribution in [0.25, 0.3) is 0 Å². The fourth-order valence-corrected chi connectivity index (χ4v) is 3.59. The van der Waals surface area contributed by atoms with Crippen LogP contribution in [-0.2, 0) is 4.79 Å². The predicted molar refractivity (Wildman–Crippen MR) is 62.7 cm³/mol. The summed E-state index contributed by atoms with van der Waals surface area (Å²) < 4.78 is 0. The van der Waals surface area contributed by atoms with E-state index < -0.39 is 0 Å². The van der Waals surface area contributed by atoms with Gasteiger partial charge in [-0.2, -0.15) is 0 Å². The SMILES string of the molecule is CC(N)C1CCN(C(=O)C2CC3CC3C2)C1. The van der Waals surface area contributed by atoms with E-state index in [0.29, 0.717) is 17.7 Å². The maximum atomic E-state index is 12.3. The van der Waals surface area contributed by atoms with Crippen LogP contribution in [0.4, 0.5) is 0 Å². The molecule has 2 aliphatic carbocycles. The minimum atomic E-state index is 0.231. The van der Waals surface area contributed by atoms with Crippen LogP contribution in [0.15, 0.2) is 0 Å². The standard InChI is InChI=1S/C13H22N2O/c1-8(14)9-2-3-15(7-9)13(16)12-5-10-4-11(10)6-12/h8-12H,2-7,14H2,1H3. The molecule has 2 saturated carbocycles. The van der Waals surface area contributed by atoms with E-state index in [-0.39, 0.29) is 6.04 Å². The van der Waals surface area contributed by atoms with Gasteiger partial charge >= 0.3 is 0 Å². The molecule has 0 aromatic rings. The fraction of sp³-hybridized carbons (Fsp3) is 0.923. The van der Waals surface area contributed by atoms with Gasteiger partial charge in [-0.3, -0.25) is 4.79 Å². The van der Waals surface area contributed by atoms with E-state index in [9.17, 15) is 4.79 Å². The van der Waals surface area contributed by atoms with Gasteiger partial charge in [-0.1, -0.05) is 0 Å². The van der Waals surface area contributed by atoms with E-state index in [1.54, 1.807) is 0 Å². The predicted octanol–water partition coefficient (Wildman–Crippen LogP) is 1.23. The van der Waals surface area contributed by atoms with Crippen molar-refractivity contribution >= 4 is 5.91 Å². The highest BCUT2D eigenvalue weighted by atomic mass is 16.2. The smallest absolute Gasteiger partial charge is 0.225 e. The second-order valence-corrected chi connectivity index (χ2v) is 6.12. The van der Waals surface area contributed by atoms with E-state index in [0.717, 1.165) is 31.3 Å². The van der Waals surface area contributed by atoms with Crippen LogP contribution in [0, 0.1) is 23.7 Å². The number of amides is 1. The number of hydrogen-bond acceptors (Lipinski definition) is 2. The Bertz CT molecular complexity index is 292. The van der Waals surface area contributed by atoms with Crippen molar-refractivity contribution in [2.75, 3.05) is 13.1 Å². The summed E-state index contributed by atoms with van der Waals surface area (Å²) in [4.78, 5) is 14.3. The molecule has 1 aliphatic heterocycles. The number of nitrogens with two attached hydrogens (primary N) is 1. The molecule has 0 radical (unpaired) electrons. The molecule has 3 nitrogen and oxygen atoms in total. The third-order valence-corrected chi connectivity index (χ3v) is 4.87. The average Bonchev–Trinajstić information content (AvgIpc) is 2.72. The zero-order valence-corrected chi connectivity index (χ0v) is 10.1. The lowest BCUT2D eigenvalue weighted by Crippen LogP contribution is -2.36. The van der Waals surface area contributed by atoms with E-state index in [1.165, 1.54) is 19.3 Å². The van der Waals surface area contributed by atoms with Crippen LogP contribution in [0.2, 0.25) is 0 Å². The number of hydrogen-bond donors (Lipinski definition) is 1. The van der Waals surface area contributed by atoms with E-state index >= 15 is 0 Å². The van der Waals surface area contributed by atoms with Crippen molar-refractivity contribution < 1.29 is 4.79 Å². The van der Waals surface area contributed by atoms with Gasteiger partial charge in [-0.25, -0.2) is 0 Å². The summed E-state index contributed by atoms with van der Waals surface area (Å²) >= 11 is 0. The Kier molecular flexibility index (Phi) is 2.46. The zero-order valence-electron chi connectivity index (χ0n) is 10.1. The Hall–Kier alpha value is -0.570. The van der Waals surface area contributed by atoms with Gasteiger partial charge in [0, 0.05) is 25.0 Å². The average molecular weight is 222 g/mol. The summed E-state index contributed by atoms with van der Waals surface area (Å²) in [5.74, 6) is 3.12. The topological polar surface area (TPSA) is 46.3 Å². The molecule has 4 unspecified atom stereocenters. The molecule has 3 fully saturated rings. The lowest BCUT2D eigenvalue weighted by Gasteiger charge is -2.22. The van der Waals surface area contributed by atoms with Crippen molar-refractivity contribution in [1.82, 2.24) is 4.90 Å². The van der Waals surface area contributed by atoms with Crippen molar-refractivity contribution in [3.05, 3.63) is 0 Å². The molecule has 0 aromatic heterocycles. The van der Waals surface area contributed by atoms with Gasteiger partial charge in [0.25, 0.3) is 0 Å². The molecule has 3 heteroatoms. The highest BCUT2D eigenvalue weighted by Crippen LogP contribution is 2.54. The molecule has 0 aromatic carbocycles. The van der Waals surface area contributed by atoms with Gasteiger partial charge in [0.2, 0.25) is 5.91 Å². The minimum Gasteiger partial charge on any atom is -0.342 e. The third-order valence-electron chi connectivity index (χ3n) is 4.87. The van der Waals surface area contributed by atoms with Crippen LogP contribution < -0.4 is 5.73 Å². The molecule has 4 atom stereocenters. The number of carbonyl (C=O) groups excluding carboxylic acids is 1. The van der Waals surface area contributed by atoms with Crippen molar-refractivity contribution in [3.8, 4) is 0 Å². The highest BCUT2D eigenvalue weighted by molar-refractivity contribution is 5.79. The molecule has 3 rings (SSSR count). The first-order valence-corrected chi connectivity index (χ1v) is 6.69. The molecule has 0 bridgehead atoms. The molecule has 1 saturated heterocycles. The summed E-state index contributed by atoms with van der Waals surface area (Å²) in [7, 11) is 0. The van der Waals surface area contributed by atoms with Crippen LogP contribution in [0.5, 0.6) is 0 Å². The Labute approximate surface area is 97.4 Å². The van der Waals surface area contributed by atoms with Gasteiger partial charge in [-0.15, -0.1) is 0 Å². The highest BCUT2D eigenvalue weighted by Gasteiger charge is 2.49. The van der Waals surface area contributed by atoms with Gasteiger partial charge in [0.1, 0.15) is 0 Å². The first-order valence-electron chi connectivity index (χ1n) is 6.69. The number of carbonyl (C=O) groups is 1. The van der Waals surface area contributed by atoms with Crippen molar-refractivity contribution in [3.63, 3.8) is 0 Å². The molecular weight excluding hydrogens is 200 g/mol. The summed E-state index contributed by atoms with van der Waals surface area (Å²) in [5.41, 5.74) is 5.90. The summed E-state index contributed by atoms with van der Waals surface area (Å²) in [6.45, 7) is 3.91. The molecule has 2 N–H and O–H groups in total. The number of rotatable bonds is 2. The maximum absolute atomic E-state index is 12.3.